The molecule has 0 heterocycles. The Hall–Kier alpha value is -2.88. The van der Waals surface area contributed by atoms with E-state index in [0.717, 1.165) is 23.1 Å². The van der Waals surface area contributed by atoms with E-state index < -0.39 is 5.97 Å². The van der Waals surface area contributed by atoms with Crippen molar-refractivity contribution in [2.45, 2.75) is 20.3 Å². The van der Waals surface area contributed by atoms with Crippen LogP contribution in [0.15, 0.2) is 54.6 Å². The molecule has 0 unspecified atom stereocenters. The summed E-state index contributed by atoms with van der Waals surface area (Å²) in [7, 11) is 0. The molecule has 0 amide bonds. The number of aryl methyl sites for hydroxylation is 1. The average Bonchev–Trinajstić information content (AvgIpc) is 2.55. The minimum absolute atomic E-state index is 0.355. The van der Waals surface area contributed by atoms with Crippen molar-refractivity contribution in [3.63, 3.8) is 0 Å². The first kappa shape index (κ1) is 16.5. The van der Waals surface area contributed by atoms with Crippen LogP contribution in [-0.4, -0.2) is 12.4 Å². The minimum Gasteiger partial charge on any atom is -0.429 e. The van der Waals surface area contributed by atoms with E-state index in [2.05, 4.69) is 6.58 Å². The smallest absolute Gasteiger partial charge is 0.338 e. The fraction of sp³-hybridized carbons (Fsp3) is 0.158. The number of esters is 1. The Balaban J connectivity index is 2.26. The molecule has 0 saturated heterocycles. The average molecular weight is 310 g/mol. The molecule has 0 atom stereocenters. The normalized spacial score (nSPS) is 10.0. The summed E-state index contributed by atoms with van der Waals surface area (Å²) in [5, 5.41) is 0. The quantitative estimate of drug-likeness (QED) is 0.351. The van der Waals surface area contributed by atoms with Crippen molar-refractivity contribution in [3.05, 3.63) is 60.2 Å². The molecule has 0 bridgehead atoms. The van der Waals surface area contributed by atoms with Crippen molar-refractivity contribution >= 4 is 12.4 Å². The predicted molar refractivity (Wildman–Crippen MR) is 88.4 cm³/mol. The molecule has 4 nitrogen and oxygen atoms in total. The summed E-state index contributed by atoms with van der Waals surface area (Å²) >= 11 is 0. The Morgan fingerprint density at radius 1 is 1.13 bits per heavy atom. The van der Waals surface area contributed by atoms with E-state index in [1.54, 1.807) is 25.1 Å². The summed E-state index contributed by atoms with van der Waals surface area (Å²) in [6.45, 7) is 7.61. The number of hydrogen-bond acceptors (Lipinski definition) is 4. The number of hydrogen-bond donors (Lipinski definition) is 0. The van der Waals surface area contributed by atoms with Gasteiger partial charge in [0, 0.05) is 5.57 Å². The highest BCUT2D eigenvalue weighted by Crippen LogP contribution is 2.29. The third kappa shape index (κ3) is 4.07. The van der Waals surface area contributed by atoms with E-state index in [1.807, 2.05) is 31.2 Å². The van der Waals surface area contributed by atoms with Crippen molar-refractivity contribution in [2.75, 3.05) is 0 Å². The molecular weight excluding hydrogens is 292 g/mol. The molecule has 0 aliphatic heterocycles. The van der Waals surface area contributed by atoms with Crippen LogP contribution in [0, 0.1) is 0 Å². The van der Waals surface area contributed by atoms with Gasteiger partial charge in [-0.3, -0.25) is 4.79 Å². The van der Waals surface area contributed by atoms with E-state index in [4.69, 9.17) is 9.47 Å². The first-order valence-electron chi connectivity index (χ1n) is 7.26. The maximum Gasteiger partial charge on any atom is 0.338 e. The van der Waals surface area contributed by atoms with Gasteiger partial charge in [0.2, 0.25) is 0 Å². The minimum atomic E-state index is -0.442. The topological polar surface area (TPSA) is 52.6 Å². The van der Waals surface area contributed by atoms with E-state index in [9.17, 15) is 9.59 Å². The van der Waals surface area contributed by atoms with Crippen molar-refractivity contribution in [3.8, 4) is 22.6 Å². The number of rotatable bonds is 6. The molecule has 0 aliphatic rings. The molecule has 2 rings (SSSR count). The van der Waals surface area contributed by atoms with Gasteiger partial charge in [-0.25, -0.2) is 4.79 Å². The van der Waals surface area contributed by atoms with Gasteiger partial charge in [-0.05, 0) is 54.3 Å². The molecule has 118 valence electrons. The Morgan fingerprint density at radius 3 is 2.35 bits per heavy atom. The van der Waals surface area contributed by atoms with E-state index in [0.29, 0.717) is 23.5 Å². The van der Waals surface area contributed by atoms with Crippen LogP contribution >= 0.6 is 0 Å². The van der Waals surface area contributed by atoms with Gasteiger partial charge in [0.25, 0.3) is 6.47 Å². The van der Waals surface area contributed by atoms with Crippen LogP contribution in [0.2, 0.25) is 0 Å². The SMILES string of the molecule is C=C(C)C(=O)Oc1ccc(-c2ccc(OC=O)cc2CC)cc1. The maximum atomic E-state index is 11.5. The second-order valence-corrected chi connectivity index (χ2v) is 5.08. The monoisotopic (exact) mass is 310 g/mol. The van der Waals surface area contributed by atoms with Gasteiger partial charge in [-0.2, -0.15) is 0 Å². The summed E-state index contributed by atoms with van der Waals surface area (Å²) in [4.78, 5) is 21.9. The molecule has 0 fully saturated rings. The Labute approximate surface area is 135 Å². The van der Waals surface area contributed by atoms with E-state index in [-0.39, 0.29) is 0 Å². The number of carbonyl (C=O) groups is 2. The van der Waals surface area contributed by atoms with Gasteiger partial charge in [0.1, 0.15) is 11.5 Å². The molecule has 2 aromatic carbocycles. The molecule has 0 N–H and O–H groups in total. The summed E-state index contributed by atoms with van der Waals surface area (Å²) in [6.07, 6.45) is 0.803. The first-order chi connectivity index (χ1) is 11.0. The molecule has 0 aromatic heterocycles. The third-order valence-electron chi connectivity index (χ3n) is 3.37. The van der Waals surface area contributed by atoms with Gasteiger partial charge in [0.05, 0.1) is 0 Å². The lowest BCUT2D eigenvalue weighted by Crippen LogP contribution is -2.07. The maximum absolute atomic E-state index is 11.5. The molecule has 0 saturated carbocycles. The zero-order chi connectivity index (χ0) is 16.8. The summed E-state index contributed by atoms with van der Waals surface area (Å²) in [6, 6.07) is 12.8. The Kier molecular flexibility index (Phi) is 5.31. The molecule has 0 radical (unpaired) electrons. The Bertz CT molecular complexity index is 730. The first-order valence-corrected chi connectivity index (χ1v) is 7.26. The van der Waals surface area contributed by atoms with Crippen LogP contribution in [-0.2, 0) is 16.0 Å². The van der Waals surface area contributed by atoms with Gasteiger partial charge in [-0.15, -0.1) is 0 Å². The van der Waals surface area contributed by atoms with Crippen molar-refractivity contribution in [1.29, 1.82) is 0 Å². The lowest BCUT2D eigenvalue weighted by Gasteiger charge is -2.11. The van der Waals surface area contributed by atoms with Gasteiger partial charge in [0.15, 0.2) is 0 Å². The zero-order valence-corrected chi connectivity index (χ0v) is 13.2. The number of benzene rings is 2. The van der Waals surface area contributed by atoms with Crippen LogP contribution in [0.4, 0.5) is 0 Å². The summed E-state index contributed by atoms with van der Waals surface area (Å²) in [5.41, 5.74) is 3.46. The highest BCUT2D eigenvalue weighted by atomic mass is 16.5. The second kappa shape index (κ2) is 7.40. The van der Waals surface area contributed by atoms with Gasteiger partial charge < -0.3 is 9.47 Å². The van der Waals surface area contributed by atoms with Crippen molar-refractivity contribution in [1.82, 2.24) is 0 Å². The fourth-order valence-electron chi connectivity index (χ4n) is 2.17. The van der Waals surface area contributed by atoms with Gasteiger partial charge >= 0.3 is 5.97 Å². The van der Waals surface area contributed by atoms with Crippen molar-refractivity contribution in [2.24, 2.45) is 0 Å². The zero-order valence-electron chi connectivity index (χ0n) is 13.2. The molecule has 2 aromatic rings. The van der Waals surface area contributed by atoms with Crippen molar-refractivity contribution < 1.29 is 19.1 Å². The van der Waals surface area contributed by atoms with Crippen LogP contribution in [0.1, 0.15) is 19.4 Å². The largest absolute Gasteiger partial charge is 0.429 e. The number of ether oxygens (including phenoxy) is 2. The molecule has 4 heteroatoms. The predicted octanol–water partition coefficient (Wildman–Crippen LogP) is 3.93. The Morgan fingerprint density at radius 2 is 1.78 bits per heavy atom. The molecular formula is C19H18O4. The number of carbonyl (C=O) groups excluding carboxylic acids is 2. The second-order valence-electron chi connectivity index (χ2n) is 5.08. The molecule has 0 aliphatic carbocycles. The highest BCUT2D eigenvalue weighted by molar-refractivity contribution is 5.88. The molecule has 0 spiro atoms. The summed E-state index contributed by atoms with van der Waals surface area (Å²) < 4.78 is 10.1. The standard InChI is InChI=1S/C19H18O4/c1-4-14-11-17(22-12-20)9-10-18(14)15-5-7-16(8-6-15)23-19(21)13(2)3/h5-12H,2,4H2,1,3H3. The fourth-order valence-corrected chi connectivity index (χ4v) is 2.17. The van der Waals surface area contributed by atoms with Crippen LogP contribution in [0.5, 0.6) is 11.5 Å². The third-order valence-corrected chi connectivity index (χ3v) is 3.37. The highest BCUT2D eigenvalue weighted by Gasteiger charge is 2.08. The van der Waals surface area contributed by atoms with E-state index >= 15 is 0 Å². The molecule has 23 heavy (non-hydrogen) atoms. The summed E-state index contributed by atoms with van der Waals surface area (Å²) in [5.74, 6) is 0.552. The lowest BCUT2D eigenvalue weighted by molar-refractivity contribution is -0.130. The van der Waals surface area contributed by atoms with Gasteiger partial charge in [-0.1, -0.05) is 31.7 Å². The lowest BCUT2D eigenvalue weighted by atomic mass is 9.98. The van der Waals surface area contributed by atoms with Crippen LogP contribution < -0.4 is 9.47 Å². The van der Waals surface area contributed by atoms with Crippen LogP contribution in [0.25, 0.3) is 11.1 Å². The van der Waals surface area contributed by atoms with E-state index in [1.165, 1.54) is 0 Å². The van der Waals surface area contributed by atoms with Crippen LogP contribution in [0.3, 0.4) is 0 Å².